The topological polar surface area (TPSA) is 58.4 Å². The molecular weight excluding hydrogens is 238 g/mol. The van der Waals surface area contributed by atoms with Crippen LogP contribution in [0.25, 0.3) is 0 Å². The number of benzene rings is 1. The lowest BCUT2D eigenvalue weighted by atomic mass is 10.0. The third kappa shape index (κ3) is 3.26. The molecule has 0 aliphatic carbocycles. The van der Waals surface area contributed by atoms with Crippen LogP contribution in [-0.2, 0) is 0 Å². The normalized spacial score (nSPS) is 20.2. The van der Waals surface area contributed by atoms with Crippen LogP contribution in [-0.4, -0.2) is 36.5 Å². The van der Waals surface area contributed by atoms with Crippen LogP contribution in [0.3, 0.4) is 0 Å². The van der Waals surface area contributed by atoms with Crippen LogP contribution in [0.15, 0.2) is 18.2 Å². The van der Waals surface area contributed by atoms with Gasteiger partial charge >= 0.3 is 0 Å². The van der Waals surface area contributed by atoms with Crippen molar-refractivity contribution < 1.29 is 4.79 Å². The number of carbonyl (C=O) groups is 1. The van der Waals surface area contributed by atoms with E-state index in [0.717, 1.165) is 38.0 Å². The molecule has 1 heterocycles. The summed E-state index contributed by atoms with van der Waals surface area (Å²) in [5, 5.41) is 3.11. The Balaban J connectivity index is 2.02. The van der Waals surface area contributed by atoms with Crippen LogP contribution < -0.4 is 11.1 Å². The quantitative estimate of drug-likeness (QED) is 0.816. The Hall–Kier alpha value is -1.55. The molecule has 0 saturated carbocycles. The number of likely N-dealkylation sites (tertiary alicyclic amines) is 1. The predicted octanol–water partition coefficient (Wildman–Crippen LogP) is 1.79. The lowest BCUT2D eigenvalue weighted by molar-refractivity contribution is 0.0906. The molecule has 1 aromatic rings. The van der Waals surface area contributed by atoms with E-state index in [1.54, 1.807) is 6.07 Å². The zero-order valence-corrected chi connectivity index (χ0v) is 11.8. The molecule has 0 radical (unpaired) electrons. The molecule has 104 valence electrons. The van der Waals surface area contributed by atoms with Gasteiger partial charge < -0.3 is 16.0 Å². The highest BCUT2D eigenvalue weighted by atomic mass is 16.1. The Bertz CT molecular complexity index is 459. The van der Waals surface area contributed by atoms with Crippen molar-refractivity contribution in [1.29, 1.82) is 0 Å². The maximum atomic E-state index is 12.3. The first kappa shape index (κ1) is 13.9. The molecule has 1 amide bonds. The number of likely N-dealkylation sites (N-methyl/N-ethyl adjacent to an activating group) is 1. The zero-order chi connectivity index (χ0) is 13.8. The van der Waals surface area contributed by atoms with E-state index in [2.05, 4.69) is 17.1 Å². The smallest absolute Gasteiger partial charge is 0.253 e. The Morgan fingerprint density at radius 2 is 2.32 bits per heavy atom. The molecule has 1 aliphatic rings. The Morgan fingerprint density at radius 1 is 1.53 bits per heavy atom. The molecule has 19 heavy (non-hydrogen) atoms. The fourth-order valence-corrected chi connectivity index (χ4v) is 2.60. The fraction of sp³-hybridized carbons (Fsp3) is 0.533. The molecule has 1 aromatic carbocycles. The number of amides is 1. The van der Waals surface area contributed by atoms with Crippen LogP contribution in [0.4, 0.5) is 5.69 Å². The summed E-state index contributed by atoms with van der Waals surface area (Å²) >= 11 is 0. The summed E-state index contributed by atoms with van der Waals surface area (Å²) in [5.74, 6) is -0.0517. The summed E-state index contributed by atoms with van der Waals surface area (Å²) in [6.45, 7) is 7.19. The summed E-state index contributed by atoms with van der Waals surface area (Å²) < 4.78 is 0. The van der Waals surface area contributed by atoms with Gasteiger partial charge in [0.25, 0.3) is 5.91 Å². The average Bonchev–Trinajstić information content (AvgIpc) is 2.42. The van der Waals surface area contributed by atoms with Gasteiger partial charge in [0.1, 0.15) is 0 Å². The monoisotopic (exact) mass is 261 g/mol. The first-order chi connectivity index (χ1) is 9.11. The average molecular weight is 261 g/mol. The molecule has 1 aliphatic heterocycles. The lowest BCUT2D eigenvalue weighted by Crippen LogP contribution is -2.47. The minimum Gasteiger partial charge on any atom is -0.398 e. The maximum Gasteiger partial charge on any atom is 0.253 e. The summed E-state index contributed by atoms with van der Waals surface area (Å²) in [5.41, 5.74) is 8.10. The highest BCUT2D eigenvalue weighted by Crippen LogP contribution is 2.17. The Kier molecular flexibility index (Phi) is 4.43. The van der Waals surface area contributed by atoms with E-state index < -0.39 is 0 Å². The number of nitrogens with one attached hydrogen (secondary N) is 1. The van der Waals surface area contributed by atoms with Gasteiger partial charge in [-0.2, -0.15) is 0 Å². The number of aryl methyl sites for hydroxylation is 1. The highest BCUT2D eigenvalue weighted by Gasteiger charge is 2.21. The summed E-state index contributed by atoms with van der Waals surface area (Å²) in [4.78, 5) is 14.6. The number of carbonyl (C=O) groups excluding carboxylic acids is 1. The number of hydrogen-bond donors (Lipinski definition) is 2. The van der Waals surface area contributed by atoms with Gasteiger partial charge in [-0.15, -0.1) is 0 Å². The minimum absolute atomic E-state index is 0.0517. The van der Waals surface area contributed by atoms with Crippen LogP contribution in [0.1, 0.15) is 35.7 Å². The predicted molar refractivity (Wildman–Crippen MR) is 78.2 cm³/mol. The zero-order valence-electron chi connectivity index (χ0n) is 11.8. The van der Waals surface area contributed by atoms with E-state index >= 15 is 0 Å². The first-order valence-electron chi connectivity index (χ1n) is 7.00. The number of nitrogens with two attached hydrogens (primary N) is 1. The van der Waals surface area contributed by atoms with E-state index in [9.17, 15) is 4.79 Å². The van der Waals surface area contributed by atoms with Crippen molar-refractivity contribution in [1.82, 2.24) is 10.2 Å². The summed E-state index contributed by atoms with van der Waals surface area (Å²) in [7, 11) is 0. The Labute approximate surface area is 115 Å². The number of nitrogens with zero attached hydrogens (tertiary/aromatic N) is 1. The molecular formula is C15H23N3O. The third-order valence-electron chi connectivity index (χ3n) is 3.86. The van der Waals surface area contributed by atoms with Crippen LogP contribution in [0, 0.1) is 6.92 Å². The molecule has 0 aromatic heterocycles. The largest absolute Gasteiger partial charge is 0.398 e. The summed E-state index contributed by atoms with van der Waals surface area (Å²) in [6, 6.07) is 5.82. The van der Waals surface area contributed by atoms with Crippen molar-refractivity contribution in [2.45, 2.75) is 32.7 Å². The van der Waals surface area contributed by atoms with Crippen LogP contribution in [0.5, 0.6) is 0 Å². The van der Waals surface area contributed by atoms with Crippen molar-refractivity contribution in [3.05, 3.63) is 29.3 Å². The Morgan fingerprint density at radius 3 is 3.05 bits per heavy atom. The van der Waals surface area contributed by atoms with Crippen molar-refractivity contribution in [3.63, 3.8) is 0 Å². The van der Waals surface area contributed by atoms with Crippen molar-refractivity contribution in [2.75, 3.05) is 25.4 Å². The van der Waals surface area contributed by atoms with Crippen LogP contribution in [0.2, 0.25) is 0 Å². The number of piperidine rings is 1. The fourth-order valence-electron chi connectivity index (χ4n) is 2.60. The molecule has 1 saturated heterocycles. The number of nitrogen functional groups attached to an aromatic ring is 1. The van der Waals surface area contributed by atoms with Gasteiger partial charge in [-0.25, -0.2) is 0 Å². The van der Waals surface area contributed by atoms with Gasteiger partial charge in [0, 0.05) is 18.3 Å². The molecule has 3 N–H and O–H groups in total. The number of anilines is 1. The molecule has 4 heteroatoms. The van der Waals surface area contributed by atoms with E-state index in [1.165, 1.54) is 0 Å². The standard InChI is InChI=1S/C15H23N3O/c1-3-18-9-5-7-12(10-18)17-15(19)13-8-4-6-11(2)14(13)16/h4,6,8,12H,3,5,7,9-10,16H2,1-2H3,(H,17,19). The first-order valence-corrected chi connectivity index (χ1v) is 7.00. The van der Waals surface area contributed by atoms with Gasteiger partial charge in [0.2, 0.25) is 0 Å². The van der Waals surface area contributed by atoms with Gasteiger partial charge in [0.15, 0.2) is 0 Å². The van der Waals surface area contributed by atoms with Crippen molar-refractivity contribution in [2.24, 2.45) is 0 Å². The maximum absolute atomic E-state index is 12.3. The molecule has 2 rings (SSSR count). The molecule has 0 bridgehead atoms. The number of rotatable bonds is 3. The van der Waals surface area contributed by atoms with Gasteiger partial charge in [-0.3, -0.25) is 4.79 Å². The third-order valence-corrected chi connectivity index (χ3v) is 3.86. The van der Waals surface area contributed by atoms with E-state index in [4.69, 9.17) is 5.73 Å². The second kappa shape index (κ2) is 6.06. The molecule has 1 atom stereocenters. The molecule has 1 fully saturated rings. The molecule has 1 unspecified atom stereocenters. The lowest BCUT2D eigenvalue weighted by Gasteiger charge is -2.32. The minimum atomic E-state index is -0.0517. The highest BCUT2D eigenvalue weighted by molar-refractivity contribution is 5.99. The molecule has 0 spiro atoms. The number of hydrogen-bond acceptors (Lipinski definition) is 3. The number of para-hydroxylation sites is 1. The van der Waals surface area contributed by atoms with Crippen molar-refractivity contribution in [3.8, 4) is 0 Å². The van der Waals surface area contributed by atoms with E-state index in [1.807, 2.05) is 19.1 Å². The summed E-state index contributed by atoms with van der Waals surface area (Å²) in [6.07, 6.45) is 2.19. The van der Waals surface area contributed by atoms with Crippen molar-refractivity contribution >= 4 is 11.6 Å². The SMILES string of the molecule is CCN1CCCC(NC(=O)c2cccc(C)c2N)C1. The van der Waals surface area contributed by atoms with Gasteiger partial charge in [0.05, 0.1) is 5.56 Å². The second-order valence-corrected chi connectivity index (χ2v) is 5.24. The van der Waals surface area contributed by atoms with Gasteiger partial charge in [-0.05, 0) is 44.5 Å². The molecule has 4 nitrogen and oxygen atoms in total. The van der Waals surface area contributed by atoms with Crippen LogP contribution >= 0.6 is 0 Å². The van der Waals surface area contributed by atoms with E-state index in [0.29, 0.717) is 11.3 Å². The van der Waals surface area contributed by atoms with E-state index in [-0.39, 0.29) is 11.9 Å². The second-order valence-electron chi connectivity index (χ2n) is 5.24. The van der Waals surface area contributed by atoms with Gasteiger partial charge in [-0.1, -0.05) is 19.1 Å².